The number of nitrogens with zero attached hydrogens (tertiary/aromatic N) is 2. The van der Waals surface area contributed by atoms with E-state index in [0.29, 0.717) is 24.6 Å². The highest BCUT2D eigenvalue weighted by atomic mass is 32.2. The molecule has 8 heteroatoms. The van der Waals surface area contributed by atoms with Gasteiger partial charge in [0.15, 0.2) is 0 Å². The summed E-state index contributed by atoms with van der Waals surface area (Å²) in [6.45, 7) is 4.90. The van der Waals surface area contributed by atoms with Crippen molar-refractivity contribution in [2.75, 3.05) is 26.2 Å². The number of rotatable bonds is 6. The smallest absolute Gasteiger partial charge is 0.251 e. The predicted molar refractivity (Wildman–Crippen MR) is 102 cm³/mol. The Labute approximate surface area is 160 Å². The third-order valence-electron chi connectivity index (χ3n) is 5.32. The lowest BCUT2D eigenvalue weighted by molar-refractivity contribution is -0.129. The molecule has 1 saturated heterocycles. The Morgan fingerprint density at radius 3 is 2.52 bits per heavy atom. The van der Waals surface area contributed by atoms with E-state index in [1.165, 1.54) is 23.4 Å². The molecular weight excluding hydrogens is 366 g/mol. The maximum Gasteiger partial charge on any atom is 0.251 e. The molecule has 1 heterocycles. The average molecular weight is 394 g/mol. The lowest BCUT2D eigenvalue weighted by atomic mass is 10.2. The molecule has 0 aromatic heterocycles. The molecular formula is C19H27N3O4S. The van der Waals surface area contributed by atoms with Gasteiger partial charge in [-0.25, -0.2) is 8.42 Å². The zero-order valence-electron chi connectivity index (χ0n) is 15.8. The molecule has 1 aliphatic carbocycles. The van der Waals surface area contributed by atoms with Gasteiger partial charge >= 0.3 is 0 Å². The fourth-order valence-electron chi connectivity index (χ4n) is 3.56. The summed E-state index contributed by atoms with van der Waals surface area (Å²) in [5.74, 6) is 0.271. The highest BCUT2D eigenvalue weighted by Crippen LogP contribution is 2.34. The topological polar surface area (TPSA) is 86.8 Å². The molecule has 148 valence electrons. The zero-order valence-corrected chi connectivity index (χ0v) is 16.7. The summed E-state index contributed by atoms with van der Waals surface area (Å²) in [6.07, 6.45) is 3.20. The number of nitrogens with one attached hydrogen (secondary N) is 1. The Kier molecular flexibility index (Phi) is 5.86. The maximum atomic E-state index is 12.9. The first-order valence-electron chi connectivity index (χ1n) is 9.49. The molecule has 2 fully saturated rings. The molecule has 0 bridgehead atoms. The minimum atomic E-state index is -3.68. The summed E-state index contributed by atoms with van der Waals surface area (Å²) in [5.41, 5.74) is 0.362. The number of piperazine rings is 1. The van der Waals surface area contributed by atoms with Gasteiger partial charge in [-0.05, 0) is 37.0 Å². The summed E-state index contributed by atoms with van der Waals surface area (Å²) in [5, 5.41) is 2.99. The van der Waals surface area contributed by atoms with Crippen molar-refractivity contribution in [1.29, 1.82) is 0 Å². The number of carbonyl (C=O) groups excluding carboxylic acids is 2. The van der Waals surface area contributed by atoms with E-state index >= 15 is 0 Å². The van der Waals surface area contributed by atoms with Crippen LogP contribution in [0.2, 0.25) is 0 Å². The Morgan fingerprint density at radius 2 is 1.89 bits per heavy atom. The van der Waals surface area contributed by atoms with Crippen LogP contribution in [0.15, 0.2) is 29.2 Å². The molecule has 0 spiro atoms. The molecule has 1 N–H and O–H groups in total. The molecule has 0 radical (unpaired) electrons. The van der Waals surface area contributed by atoms with Crippen LogP contribution in [0.4, 0.5) is 0 Å². The van der Waals surface area contributed by atoms with Crippen molar-refractivity contribution in [3.05, 3.63) is 29.8 Å². The molecule has 1 aromatic carbocycles. The molecule has 3 rings (SSSR count). The second kappa shape index (κ2) is 7.98. The highest BCUT2D eigenvalue weighted by molar-refractivity contribution is 7.89. The van der Waals surface area contributed by atoms with E-state index in [0.717, 1.165) is 19.3 Å². The Balaban J connectivity index is 1.67. The first-order chi connectivity index (χ1) is 12.8. The fourth-order valence-corrected chi connectivity index (χ4v) is 5.02. The summed E-state index contributed by atoms with van der Waals surface area (Å²) in [7, 11) is -3.68. The van der Waals surface area contributed by atoms with Crippen molar-refractivity contribution in [1.82, 2.24) is 14.5 Å². The number of hydrogen-bond donors (Lipinski definition) is 1. The fraction of sp³-hybridized carbons (Fsp3) is 0.579. The number of benzene rings is 1. The standard InChI is InChI=1S/C19H27N3O4S/c1-3-5-15-13-18(15)20-19(24)16-6-4-7-17(12-16)27(25,26)22-10-8-21(9-11-22)14(2)23/h4,6-7,12,15,18H,3,5,8-11,13H2,1-2H3,(H,20,24). The highest BCUT2D eigenvalue weighted by Gasteiger charge is 2.37. The van der Waals surface area contributed by atoms with E-state index in [1.54, 1.807) is 17.0 Å². The minimum absolute atomic E-state index is 0.0489. The van der Waals surface area contributed by atoms with Crippen molar-refractivity contribution in [3.63, 3.8) is 0 Å². The van der Waals surface area contributed by atoms with Gasteiger partial charge in [-0.2, -0.15) is 4.31 Å². The van der Waals surface area contributed by atoms with Gasteiger partial charge in [-0.3, -0.25) is 9.59 Å². The van der Waals surface area contributed by atoms with E-state index in [2.05, 4.69) is 12.2 Å². The quantitative estimate of drug-likeness (QED) is 0.793. The van der Waals surface area contributed by atoms with Crippen LogP contribution in [0.3, 0.4) is 0 Å². The molecule has 1 aromatic rings. The van der Waals surface area contributed by atoms with Crippen molar-refractivity contribution < 1.29 is 18.0 Å². The van der Waals surface area contributed by atoms with Crippen LogP contribution < -0.4 is 5.32 Å². The normalized spacial score (nSPS) is 23.1. The Hall–Kier alpha value is -1.93. The van der Waals surface area contributed by atoms with Crippen molar-refractivity contribution >= 4 is 21.8 Å². The number of sulfonamides is 1. The second-order valence-electron chi connectivity index (χ2n) is 7.30. The van der Waals surface area contributed by atoms with Gasteiger partial charge in [0.05, 0.1) is 4.90 Å². The van der Waals surface area contributed by atoms with Gasteiger partial charge in [0.25, 0.3) is 5.91 Å². The van der Waals surface area contributed by atoms with Gasteiger partial charge in [0, 0.05) is 44.7 Å². The summed E-state index contributed by atoms with van der Waals surface area (Å²) >= 11 is 0. The third kappa shape index (κ3) is 4.50. The van der Waals surface area contributed by atoms with Gasteiger partial charge in [-0.15, -0.1) is 0 Å². The van der Waals surface area contributed by atoms with Crippen LogP contribution in [-0.2, 0) is 14.8 Å². The first-order valence-corrected chi connectivity index (χ1v) is 10.9. The van der Waals surface area contributed by atoms with Gasteiger partial charge < -0.3 is 10.2 Å². The molecule has 7 nitrogen and oxygen atoms in total. The molecule has 27 heavy (non-hydrogen) atoms. The zero-order chi connectivity index (χ0) is 19.6. The van der Waals surface area contributed by atoms with E-state index in [4.69, 9.17) is 0 Å². The molecule has 1 saturated carbocycles. The van der Waals surface area contributed by atoms with E-state index in [-0.39, 0.29) is 35.8 Å². The van der Waals surface area contributed by atoms with Gasteiger partial charge in [0.1, 0.15) is 0 Å². The number of amides is 2. The SMILES string of the molecule is CCCC1CC1NC(=O)c1cccc(S(=O)(=O)N2CCN(C(C)=O)CC2)c1. The maximum absolute atomic E-state index is 12.9. The van der Waals surface area contributed by atoms with E-state index in [1.807, 2.05) is 0 Å². The number of hydrogen-bond acceptors (Lipinski definition) is 4. The van der Waals surface area contributed by atoms with Crippen LogP contribution in [0.25, 0.3) is 0 Å². The predicted octanol–water partition coefficient (Wildman–Crippen LogP) is 1.46. The molecule has 2 atom stereocenters. The summed E-state index contributed by atoms with van der Waals surface area (Å²) in [4.78, 5) is 25.6. The lowest BCUT2D eigenvalue weighted by Gasteiger charge is -2.33. The van der Waals surface area contributed by atoms with Crippen LogP contribution in [-0.4, -0.2) is 61.7 Å². The van der Waals surface area contributed by atoms with Gasteiger partial charge in [-0.1, -0.05) is 19.4 Å². The lowest BCUT2D eigenvalue weighted by Crippen LogP contribution is -2.49. The summed E-state index contributed by atoms with van der Waals surface area (Å²) in [6, 6.07) is 6.40. The van der Waals surface area contributed by atoms with E-state index in [9.17, 15) is 18.0 Å². The van der Waals surface area contributed by atoms with Crippen LogP contribution in [0.5, 0.6) is 0 Å². The summed E-state index contributed by atoms with van der Waals surface area (Å²) < 4.78 is 27.2. The minimum Gasteiger partial charge on any atom is -0.349 e. The second-order valence-corrected chi connectivity index (χ2v) is 9.24. The van der Waals surface area contributed by atoms with Crippen molar-refractivity contribution in [2.24, 2.45) is 5.92 Å². The first kappa shape index (κ1) is 19.8. The average Bonchev–Trinajstić information content (AvgIpc) is 3.39. The van der Waals surface area contributed by atoms with Crippen LogP contribution in [0.1, 0.15) is 43.5 Å². The van der Waals surface area contributed by atoms with Crippen molar-refractivity contribution in [3.8, 4) is 0 Å². The Bertz CT molecular complexity index is 816. The molecule has 2 unspecified atom stereocenters. The van der Waals surface area contributed by atoms with Crippen LogP contribution in [0, 0.1) is 5.92 Å². The monoisotopic (exact) mass is 393 g/mol. The van der Waals surface area contributed by atoms with Crippen LogP contribution >= 0.6 is 0 Å². The molecule has 2 aliphatic rings. The Morgan fingerprint density at radius 1 is 1.19 bits per heavy atom. The third-order valence-corrected chi connectivity index (χ3v) is 7.21. The number of carbonyl (C=O) groups is 2. The molecule has 2 amide bonds. The van der Waals surface area contributed by atoms with Crippen molar-refractivity contribution in [2.45, 2.75) is 44.0 Å². The van der Waals surface area contributed by atoms with E-state index < -0.39 is 10.0 Å². The van der Waals surface area contributed by atoms with Gasteiger partial charge in [0.2, 0.25) is 15.9 Å². The molecule has 1 aliphatic heterocycles. The largest absolute Gasteiger partial charge is 0.349 e.